The molecule has 7 nitrogen and oxygen atoms in total. The predicted octanol–water partition coefficient (Wildman–Crippen LogP) is 4.27. The van der Waals surface area contributed by atoms with Crippen LogP contribution in [-0.4, -0.2) is 48.9 Å². The van der Waals surface area contributed by atoms with Gasteiger partial charge in [-0.1, -0.05) is 35.4 Å². The lowest BCUT2D eigenvalue weighted by atomic mass is 10.1. The normalized spacial score (nSPS) is 15.0. The van der Waals surface area contributed by atoms with Gasteiger partial charge < -0.3 is 10.2 Å². The largest absolute Gasteiger partial charge is 0.340 e. The number of aryl methyl sites for hydroxylation is 5. The van der Waals surface area contributed by atoms with Crippen LogP contribution in [0.5, 0.6) is 0 Å². The molecular weight excluding hydrogens is 434 g/mol. The third-order valence-corrected chi connectivity index (χ3v) is 8.10. The molecule has 33 heavy (non-hydrogen) atoms. The molecule has 0 saturated carbocycles. The van der Waals surface area contributed by atoms with E-state index in [0.29, 0.717) is 37.0 Å². The number of hydrogen-bond donors (Lipinski definition) is 1. The number of rotatable bonds is 5. The predicted molar refractivity (Wildman–Crippen MR) is 133 cm³/mol. The average Bonchev–Trinajstić information content (AvgIpc) is 2.74. The van der Waals surface area contributed by atoms with Crippen molar-refractivity contribution in [3.8, 4) is 0 Å². The van der Waals surface area contributed by atoms with E-state index in [2.05, 4.69) is 29.4 Å². The van der Waals surface area contributed by atoms with Crippen LogP contribution in [0.15, 0.2) is 47.4 Å². The topological polar surface area (TPSA) is 78.4 Å². The summed E-state index contributed by atoms with van der Waals surface area (Å²) in [6.07, 6.45) is 0. The summed E-state index contributed by atoms with van der Waals surface area (Å²) in [6.45, 7) is 11.6. The summed E-state index contributed by atoms with van der Waals surface area (Å²) >= 11 is 0. The van der Waals surface area contributed by atoms with Gasteiger partial charge in [0.25, 0.3) is 0 Å². The van der Waals surface area contributed by atoms with Crippen LogP contribution in [0.1, 0.15) is 27.9 Å². The van der Waals surface area contributed by atoms with E-state index in [1.807, 2.05) is 62.9 Å². The third kappa shape index (κ3) is 5.02. The SMILES string of the molecule is Cc1ccc(Nc2cc(C)nc(N3CCN(S(=O)(=O)c4c(C)cc(C)cc4C)CC3)n2)cc1. The highest BCUT2D eigenvalue weighted by atomic mass is 32.2. The number of nitrogens with zero attached hydrogens (tertiary/aromatic N) is 4. The van der Waals surface area contributed by atoms with Crippen molar-refractivity contribution in [1.82, 2.24) is 14.3 Å². The number of anilines is 3. The second-order valence-corrected chi connectivity index (χ2v) is 10.7. The minimum absolute atomic E-state index is 0.396. The van der Waals surface area contributed by atoms with E-state index in [9.17, 15) is 8.42 Å². The van der Waals surface area contributed by atoms with Crippen molar-refractivity contribution < 1.29 is 8.42 Å². The van der Waals surface area contributed by atoms with Gasteiger partial charge in [0.05, 0.1) is 4.90 Å². The molecule has 0 bridgehead atoms. The molecule has 1 aliphatic rings. The minimum Gasteiger partial charge on any atom is -0.340 e. The van der Waals surface area contributed by atoms with Crippen LogP contribution in [0.4, 0.5) is 17.5 Å². The van der Waals surface area contributed by atoms with E-state index in [-0.39, 0.29) is 0 Å². The molecule has 0 atom stereocenters. The van der Waals surface area contributed by atoms with E-state index >= 15 is 0 Å². The highest BCUT2D eigenvalue weighted by molar-refractivity contribution is 7.89. The van der Waals surface area contributed by atoms with Crippen LogP contribution in [0.3, 0.4) is 0 Å². The Morgan fingerprint density at radius 3 is 2.00 bits per heavy atom. The summed E-state index contributed by atoms with van der Waals surface area (Å²) in [6, 6.07) is 13.9. The van der Waals surface area contributed by atoms with Gasteiger partial charge in [0.1, 0.15) is 5.82 Å². The highest BCUT2D eigenvalue weighted by Gasteiger charge is 2.31. The zero-order valence-corrected chi connectivity index (χ0v) is 20.7. The van der Waals surface area contributed by atoms with Crippen molar-refractivity contribution in [2.75, 3.05) is 36.4 Å². The molecule has 1 fully saturated rings. The van der Waals surface area contributed by atoms with Gasteiger partial charge in [-0.15, -0.1) is 0 Å². The molecule has 8 heteroatoms. The van der Waals surface area contributed by atoms with Crippen LogP contribution in [0.2, 0.25) is 0 Å². The number of sulfonamides is 1. The molecule has 174 valence electrons. The zero-order chi connectivity index (χ0) is 23.8. The van der Waals surface area contributed by atoms with Crippen LogP contribution in [0, 0.1) is 34.6 Å². The molecule has 0 aliphatic carbocycles. The minimum atomic E-state index is -3.55. The maximum absolute atomic E-state index is 13.4. The zero-order valence-electron chi connectivity index (χ0n) is 19.9. The monoisotopic (exact) mass is 465 g/mol. The number of benzene rings is 2. The molecule has 0 radical (unpaired) electrons. The van der Waals surface area contributed by atoms with Crippen LogP contribution in [0.25, 0.3) is 0 Å². The Kier molecular flexibility index (Phi) is 6.41. The van der Waals surface area contributed by atoms with Gasteiger partial charge in [-0.2, -0.15) is 9.29 Å². The smallest absolute Gasteiger partial charge is 0.243 e. The van der Waals surface area contributed by atoms with Crippen molar-refractivity contribution in [1.29, 1.82) is 0 Å². The summed E-state index contributed by atoms with van der Waals surface area (Å²) in [5.41, 5.74) is 5.68. The fraction of sp³-hybridized carbons (Fsp3) is 0.360. The molecule has 0 spiro atoms. The Balaban J connectivity index is 1.50. The van der Waals surface area contributed by atoms with Gasteiger partial charge in [-0.05, 0) is 57.9 Å². The molecule has 0 amide bonds. The highest BCUT2D eigenvalue weighted by Crippen LogP contribution is 2.27. The molecule has 4 rings (SSSR count). The van der Waals surface area contributed by atoms with Crippen molar-refractivity contribution in [2.24, 2.45) is 0 Å². The van der Waals surface area contributed by atoms with Crippen molar-refractivity contribution in [3.63, 3.8) is 0 Å². The van der Waals surface area contributed by atoms with E-state index in [1.165, 1.54) is 5.56 Å². The van der Waals surface area contributed by atoms with Crippen molar-refractivity contribution >= 4 is 27.5 Å². The molecule has 1 N–H and O–H groups in total. The van der Waals surface area contributed by atoms with Gasteiger partial charge in [0, 0.05) is 43.6 Å². The van der Waals surface area contributed by atoms with Gasteiger partial charge in [0.15, 0.2) is 0 Å². The fourth-order valence-corrected chi connectivity index (χ4v) is 6.21. The summed E-state index contributed by atoms with van der Waals surface area (Å²) in [5, 5.41) is 3.34. The Morgan fingerprint density at radius 2 is 1.39 bits per heavy atom. The first-order valence-corrected chi connectivity index (χ1v) is 12.6. The molecule has 2 aromatic carbocycles. The summed E-state index contributed by atoms with van der Waals surface area (Å²) in [5.74, 6) is 1.34. The standard InChI is InChI=1S/C25H31N5O2S/c1-17-6-8-22(9-7-17)27-23-16-21(5)26-25(28-23)29-10-12-30(13-11-29)33(31,32)24-19(3)14-18(2)15-20(24)4/h6-9,14-16H,10-13H2,1-5H3,(H,26,27,28). The summed E-state index contributed by atoms with van der Waals surface area (Å²) in [7, 11) is -3.55. The molecular formula is C25H31N5O2S. The quantitative estimate of drug-likeness (QED) is 0.606. The second-order valence-electron chi connectivity index (χ2n) is 8.80. The van der Waals surface area contributed by atoms with Gasteiger partial charge in [-0.3, -0.25) is 0 Å². The van der Waals surface area contributed by atoms with Crippen LogP contribution in [-0.2, 0) is 10.0 Å². The van der Waals surface area contributed by atoms with Crippen molar-refractivity contribution in [3.05, 3.63) is 70.4 Å². The maximum Gasteiger partial charge on any atom is 0.243 e. The number of nitrogens with one attached hydrogen (secondary N) is 1. The van der Waals surface area contributed by atoms with E-state index in [0.717, 1.165) is 33.9 Å². The molecule has 3 aromatic rings. The Hall–Kier alpha value is -2.97. The van der Waals surface area contributed by atoms with E-state index < -0.39 is 10.0 Å². The number of piperazine rings is 1. The molecule has 1 aliphatic heterocycles. The number of hydrogen-bond acceptors (Lipinski definition) is 6. The molecule has 1 saturated heterocycles. The maximum atomic E-state index is 13.4. The first-order valence-electron chi connectivity index (χ1n) is 11.2. The fourth-order valence-electron chi connectivity index (χ4n) is 4.37. The van der Waals surface area contributed by atoms with Crippen LogP contribution >= 0.6 is 0 Å². The van der Waals surface area contributed by atoms with E-state index in [1.54, 1.807) is 4.31 Å². The lowest BCUT2D eigenvalue weighted by molar-refractivity contribution is 0.382. The lowest BCUT2D eigenvalue weighted by Crippen LogP contribution is -2.49. The lowest BCUT2D eigenvalue weighted by Gasteiger charge is -2.34. The Morgan fingerprint density at radius 1 is 0.788 bits per heavy atom. The second kappa shape index (κ2) is 9.11. The molecule has 0 unspecified atom stereocenters. The van der Waals surface area contributed by atoms with Crippen LogP contribution < -0.4 is 10.2 Å². The third-order valence-electron chi connectivity index (χ3n) is 5.89. The Bertz CT molecular complexity index is 1240. The summed E-state index contributed by atoms with van der Waals surface area (Å²) in [4.78, 5) is 11.8. The van der Waals surface area contributed by atoms with Gasteiger partial charge >= 0.3 is 0 Å². The van der Waals surface area contributed by atoms with Crippen molar-refractivity contribution in [2.45, 2.75) is 39.5 Å². The Labute approximate surface area is 196 Å². The first-order chi connectivity index (χ1) is 15.6. The molecule has 1 aromatic heterocycles. The summed E-state index contributed by atoms with van der Waals surface area (Å²) < 4.78 is 28.3. The average molecular weight is 466 g/mol. The first kappa shape index (κ1) is 23.2. The van der Waals surface area contributed by atoms with Gasteiger partial charge in [0.2, 0.25) is 16.0 Å². The van der Waals surface area contributed by atoms with Gasteiger partial charge in [-0.25, -0.2) is 13.4 Å². The molecule has 2 heterocycles. The number of aromatic nitrogens is 2. The van der Waals surface area contributed by atoms with E-state index in [4.69, 9.17) is 4.98 Å².